The van der Waals surface area contributed by atoms with Crippen LogP contribution in [0.25, 0.3) is 11.3 Å². The molecular weight excluding hydrogens is 282 g/mol. The van der Waals surface area contributed by atoms with Crippen LogP contribution in [-0.2, 0) is 17.9 Å². The molecule has 0 atom stereocenters. The minimum atomic E-state index is 0.0000885. The summed E-state index contributed by atoms with van der Waals surface area (Å²) in [5.74, 6) is 0.0000885. The van der Waals surface area contributed by atoms with Gasteiger partial charge in [0.2, 0.25) is 5.91 Å². The molecule has 0 aliphatic heterocycles. The Balaban J connectivity index is 1.60. The van der Waals surface area contributed by atoms with E-state index in [0.29, 0.717) is 13.1 Å². The van der Waals surface area contributed by atoms with E-state index in [4.69, 9.17) is 0 Å². The normalized spacial score (nSPS) is 10.5. The van der Waals surface area contributed by atoms with E-state index >= 15 is 0 Å². The van der Waals surface area contributed by atoms with Gasteiger partial charge in [-0.1, -0.05) is 0 Å². The lowest BCUT2D eigenvalue weighted by atomic mass is 10.1. The van der Waals surface area contributed by atoms with Crippen LogP contribution < -0.4 is 5.32 Å². The second-order valence-corrected chi connectivity index (χ2v) is 5.47. The smallest absolute Gasteiger partial charge is 0.240 e. The Morgan fingerprint density at radius 1 is 1.29 bits per heavy atom. The van der Waals surface area contributed by atoms with Crippen LogP contribution in [0.3, 0.4) is 0 Å². The maximum Gasteiger partial charge on any atom is 0.240 e. The first-order valence-electron chi connectivity index (χ1n) is 6.66. The minimum Gasteiger partial charge on any atom is -0.350 e. The molecule has 0 radical (unpaired) electrons. The second-order valence-electron chi connectivity index (χ2n) is 4.69. The average Bonchev–Trinajstić information content (AvgIpc) is 3.19. The monoisotopic (exact) mass is 297 g/mol. The molecule has 3 heterocycles. The maximum atomic E-state index is 11.9. The van der Waals surface area contributed by atoms with Crippen molar-refractivity contribution in [2.45, 2.75) is 13.1 Å². The summed E-state index contributed by atoms with van der Waals surface area (Å²) in [7, 11) is 0. The van der Waals surface area contributed by atoms with Crippen molar-refractivity contribution in [1.29, 1.82) is 0 Å². The number of aromatic nitrogens is 2. The van der Waals surface area contributed by atoms with Gasteiger partial charge in [-0.15, -0.1) is 0 Å². The zero-order valence-corrected chi connectivity index (χ0v) is 12.2. The molecule has 5 heteroatoms. The third kappa shape index (κ3) is 3.58. The number of amides is 1. The molecule has 0 aliphatic rings. The van der Waals surface area contributed by atoms with Crippen molar-refractivity contribution < 1.29 is 4.79 Å². The van der Waals surface area contributed by atoms with Crippen LogP contribution in [0.1, 0.15) is 5.56 Å². The summed E-state index contributed by atoms with van der Waals surface area (Å²) >= 11 is 1.65. The molecule has 0 aliphatic carbocycles. The van der Waals surface area contributed by atoms with E-state index in [-0.39, 0.29) is 5.91 Å². The molecule has 3 aromatic heterocycles. The third-order valence-electron chi connectivity index (χ3n) is 3.12. The van der Waals surface area contributed by atoms with Gasteiger partial charge in [0.05, 0.1) is 5.69 Å². The van der Waals surface area contributed by atoms with Gasteiger partial charge in [0.25, 0.3) is 0 Å². The zero-order valence-electron chi connectivity index (χ0n) is 11.4. The van der Waals surface area contributed by atoms with Crippen molar-refractivity contribution in [3.05, 3.63) is 65.2 Å². The first-order valence-corrected chi connectivity index (χ1v) is 7.60. The number of rotatable bonds is 5. The van der Waals surface area contributed by atoms with Gasteiger partial charge < -0.3 is 9.88 Å². The third-order valence-corrected chi connectivity index (χ3v) is 3.81. The lowest BCUT2D eigenvalue weighted by Gasteiger charge is -2.07. The quantitative estimate of drug-likeness (QED) is 0.787. The van der Waals surface area contributed by atoms with Gasteiger partial charge in [-0.2, -0.15) is 11.3 Å². The van der Waals surface area contributed by atoms with Crippen molar-refractivity contribution in [2.75, 3.05) is 0 Å². The second kappa shape index (κ2) is 6.37. The van der Waals surface area contributed by atoms with Crippen LogP contribution in [0, 0.1) is 0 Å². The van der Waals surface area contributed by atoms with Crippen molar-refractivity contribution >= 4 is 17.2 Å². The highest BCUT2D eigenvalue weighted by Crippen LogP contribution is 2.20. The van der Waals surface area contributed by atoms with E-state index < -0.39 is 0 Å². The zero-order chi connectivity index (χ0) is 14.5. The molecular formula is C16H15N3OS. The van der Waals surface area contributed by atoms with Crippen LogP contribution in [0.15, 0.2) is 59.7 Å². The molecule has 0 unspecified atom stereocenters. The number of hydrogen-bond acceptors (Lipinski definition) is 3. The lowest BCUT2D eigenvalue weighted by Crippen LogP contribution is -2.26. The van der Waals surface area contributed by atoms with E-state index in [1.165, 1.54) is 0 Å². The lowest BCUT2D eigenvalue weighted by molar-refractivity contribution is -0.121. The summed E-state index contributed by atoms with van der Waals surface area (Å²) < 4.78 is 1.85. The number of nitrogens with one attached hydrogen (secondary N) is 1. The predicted octanol–water partition coefficient (Wildman–Crippen LogP) is 2.93. The molecule has 0 saturated heterocycles. The largest absolute Gasteiger partial charge is 0.350 e. The molecule has 3 rings (SSSR count). The fraction of sp³-hybridized carbons (Fsp3) is 0.125. The Morgan fingerprint density at radius 2 is 2.14 bits per heavy atom. The maximum absolute atomic E-state index is 11.9. The number of hydrogen-bond donors (Lipinski definition) is 1. The molecule has 0 saturated carbocycles. The molecule has 0 fully saturated rings. The Bertz CT molecular complexity index is 705. The minimum absolute atomic E-state index is 0.0000885. The molecule has 106 valence electrons. The predicted molar refractivity (Wildman–Crippen MR) is 83.8 cm³/mol. The van der Waals surface area contributed by atoms with Crippen LogP contribution in [0.4, 0.5) is 0 Å². The summed E-state index contributed by atoms with van der Waals surface area (Å²) in [6, 6.07) is 9.79. The van der Waals surface area contributed by atoms with Crippen molar-refractivity contribution in [3.63, 3.8) is 0 Å². The first kappa shape index (κ1) is 13.6. The highest BCUT2D eigenvalue weighted by atomic mass is 32.1. The van der Waals surface area contributed by atoms with Gasteiger partial charge in [0.15, 0.2) is 0 Å². The number of pyridine rings is 1. The van der Waals surface area contributed by atoms with E-state index in [9.17, 15) is 4.79 Å². The Labute approximate surface area is 127 Å². The van der Waals surface area contributed by atoms with E-state index in [0.717, 1.165) is 16.8 Å². The summed E-state index contributed by atoms with van der Waals surface area (Å²) in [4.78, 5) is 16.2. The fourth-order valence-electron chi connectivity index (χ4n) is 2.05. The van der Waals surface area contributed by atoms with Gasteiger partial charge >= 0.3 is 0 Å². The first-order chi connectivity index (χ1) is 10.3. The average molecular weight is 297 g/mol. The highest BCUT2D eigenvalue weighted by molar-refractivity contribution is 7.08. The standard InChI is InChI=1S/C16H15N3OS/c20-16(11-19-6-1-2-7-19)18-10-13-3-5-17-15(9-13)14-4-8-21-12-14/h1-9,12H,10-11H2,(H,18,20). The van der Waals surface area contributed by atoms with Crippen LogP contribution in [0.5, 0.6) is 0 Å². The molecule has 1 amide bonds. The van der Waals surface area contributed by atoms with Gasteiger partial charge in [-0.3, -0.25) is 9.78 Å². The summed E-state index contributed by atoms with van der Waals surface area (Å²) in [5.41, 5.74) is 3.10. The highest BCUT2D eigenvalue weighted by Gasteiger charge is 2.04. The van der Waals surface area contributed by atoms with Gasteiger partial charge in [-0.05, 0) is 41.3 Å². The number of carbonyl (C=O) groups excluding carboxylic acids is 1. The number of carbonyl (C=O) groups is 1. The topological polar surface area (TPSA) is 46.9 Å². The Hall–Kier alpha value is -2.40. The summed E-state index contributed by atoms with van der Waals surface area (Å²) in [6.45, 7) is 0.856. The molecule has 0 spiro atoms. The molecule has 4 nitrogen and oxygen atoms in total. The fourth-order valence-corrected chi connectivity index (χ4v) is 2.70. The number of thiophene rings is 1. The van der Waals surface area contributed by atoms with Crippen molar-refractivity contribution in [1.82, 2.24) is 14.9 Å². The molecule has 0 aromatic carbocycles. The van der Waals surface area contributed by atoms with E-state index in [2.05, 4.69) is 15.7 Å². The van der Waals surface area contributed by atoms with E-state index in [1.54, 1.807) is 17.5 Å². The van der Waals surface area contributed by atoms with Crippen molar-refractivity contribution in [3.8, 4) is 11.3 Å². The van der Waals surface area contributed by atoms with Gasteiger partial charge in [0, 0.05) is 36.1 Å². The van der Waals surface area contributed by atoms with E-state index in [1.807, 2.05) is 52.7 Å². The van der Waals surface area contributed by atoms with Gasteiger partial charge in [-0.25, -0.2) is 0 Å². The molecule has 3 aromatic rings. The Morgan fingerprint density at radius 3 is 2.90 bits per heavy atom. The van der Waals surface area contributed by atoms with Crippen LogP contribution in [0.2, 0.25) is 0 Å². The number of nitrogens with zero attached hydrogens (tertiary/aromatic N) is 2. The van der Waals surface area contributed by atoms with Gasteiger partial charge in [0.1, 0.15) is 6.54 Å². The van der Waals surface area contributed by atoms with Crippen LogP contribution in [-0.4, -0.2) is 15.5 Å². The SMILES string of the molecule is O=C(Cn1cccc1)NCc1ccnc(-c2ccsc2)c1. The molecule has 21 heavy (non-hydrogen) atoms. The van der Waals surface area contributed by atoms with Crippen LogP contribution >= 0.6 is 11.3 Å². The Kier molecular flexibility index (Phi) is 4.12. The van der Waals surface area contributed by atoms with Crippen molar-refractivity contribution in [2.24, 2.45) is 0 Å². The molecule has 1 N–H and O–H groups in total. The summed E-state index contributed by atoms with van der Waals surface area (Å²) in [5, 5.41) is 7.02. The molecule has 0 bridgehead atoms. The summed E-state index contributed by atoms with van der Waals surface area (Å²) in [6.07, 6.45) is 5.53.